The van der Waals surface area contributed by atoms with Gasteiger partial charge >= 0.3 is 0 Å². The summed E-state index contributed by atoms with van der Waals surface area (Å²) in [7, 11) is 1.96. The number of aromatic nitrogens is 5. The average molecular weight is 390 g/mol. The molecule has 0 saturated heterocycles. The summed E-state index contributed by atoms with van der Waals surface area (Å²) >= 11 is 4.73. The first-order valence-corrected chi connectivity index (χ1v) is 10.5. The lowest BCUT2D eigenvalue weighted by atomic mass is 10.2. The number of fused-ring (bicyclic) bond motifs is 1. The molecule has 6 nitrogen and oxygen atoms in total. The van der Waals surface area contributed by atoms with Crippen LogP contribution in [0.25, 0.3) is 16.3 Å². The molecule has 4 aromatic heterocycles. The minimum Gasteiger partial charge on any atom is -0.305 e. The summed E-state index contributed by atoms with van der Waals surface area (Å²) in [5.41, 5.74) is 1.80. The third-order valence-electron chi connectivity index (χ3n) is 3.80. The molecular weight excluding hydrogens is 374 g/mol. The van der Waals surface area contributed by atoms with Gasteiger partial charge in [-0.3, -0.25) is 9.20 Å². The van der Waals surface area contributed by atoms with Crippen LogP contribution >= 0.6 is 34.4 Å². The summed E-state index contributed by atoms with van der Waals surface area (Å²) in [6, 6.07) is 3.74. The van der Waals surface area contributed by atoms with Crippen LogP contribution in [0.5, 0.6) is 0 Å². The summed E-state index contributed by atoms with van der Waals surface area (Å²) in [4.78, 5) is 18.6. The first kappa shape index (κ1) is 16.5. The van der Waals surface area contributed by atoms with Gasteiger partial charge in [0, 0.05) is 46.3 Å². The summed E-state index contributed by atoms with van der Waals surface area (Å²) in [6.45, 7) is 2.15. The molecule has 128 valence electrons. The van der Waals surface area contributed by atoms with E-state index in [4.69, 9.17) is 0 Å². The van der Waals surface area contributed by atoms with Gasteiger partial charge in [-0.05, 0) is 12.5 Å². The molecule has 0 bridgehead atoms. The van der Waals surface area contributed by atoms with Gasteiger partial charge in [-0.2, -0.15) is 0 Å². The SMILES string of the molecule is CCc1cc(-c2nnc(SCc3cc(=O)n4ccsc4n3)n2C)cs1. The topological polar surface area (TPSA) is 65.1 Å². The lowest BCUT2D eigenvalue weighted by Gasteiger charge is -2.03. The van der Waals surface area contributed by atoms with Gasteiger partial charge in [0.1, 0.15) is 0 Å². The maximum absolute atomic E-state index is 12.0. The molecule has 0 spiro atoms. The fourth-order valence-corrected chi connectivity index (χ4v) is 4.83. The second kappa shape index (κ2) is 6.74. The Bertz CT molecular complexity index is 1090. The van der Waals surface area contributed by atoms with Crippen LogP contribution in [0.4, 0.5) is 0 Å². The van der Waals surface area contributed by atoms with E-state index in [0.717, 1.165) is 28.7 Å². The van der Waals surface area contributed by atoms with Crippen LogP contribution in [0, 0.1) is 0 Å². The van der Waals surface area contributed by atoms with Crippen LogP contribution in [0.1, 0.15) is 17.5 Å². The monoisotopic (exact) mass is 389 g/mol. The molecule has 25 heavy (non-hydrogen) atoms. The first-order chi connectivity index (χ1) is 12.2. The lowest BCUT2D eigenvalue weighted by Crippen LogP contribution is -2.12. The van der Waals surface area contributed by atoms with Crippen molar-refractivity contribution in [3.8, 4) is 11.4 Å². The average Bonchev–Trinajstić information content (AvgIpc) is 3.32. The molecule has 4 aromatic rings. The molecule has 0 amide bonds. The van der Waals surface area contributed by atoms with Crippen molar-refractivity contribution >= 4 is 39.4 Å². The van der Waals surface area contributed by atoms with Crippen molar-refractivity contribution in [2.24, 2.45) is 7.05 Å². The minimum absolute atomic E-state index is 0.0501. The maximum Gasteiger partial charge on any atom is 0.258 e. The van der Waals surface area contributed by atoms with Crippen molar-refractivity contribution in [2.75, 3.05) is 0 Å². The van der Waals surface area contributed by atoms with Crippen LogP contribution in [-0.4, -0.2) is 24.1 Å². The minimum atomic E-state index is -0.0501. The molecule has 0 aliphatic heterocycles. The van der Waals surface area contributed by atoms with Crippen LogP contribution in [0.2, 0.25) is 0 Å². The number of thiazole rings is 1. The standard InChI is InChI=1S/C16H15N5OS3/c1-3-12-6-10(8-24-12)14-18-19-16(20(14)2)25-9-11-7-13(22)21-4-5-23-15(21)17-11/h4-8H,3,9H2,1-2H3. The Hall–Kier alpha value is -1.97. The molecule has 0 fully saturated rings. The molecule has 0 saturated carbocycles. The highest BCUT2D eigenvalue weighted by Gasteiger charge is 2.13. The summed E-state index contributed by atoms with van der Waals surface area (Å²) in [5.74, 6) is 1.44. The zero-order valence-corrected chi connectivity index (χ0v) is 16.1. The molecule has 9 heteroatoms. The van der Waals surface area contributed by atoms with Crippen molar-refractivity contribution in [3.63, 3.8) is 0 Å². The molecule has 4 heterocycles. The van der Waals surface area contributed by atoms with Crippen LogP contribution in [-0.2, 0) is 19.2 Å². The number of rotatable bonds is 5. The first-order valence-electron chi connectivity index (χ1n) is 7.71. The number of thiophene rings is 1. The Kier molecular flexibility index (Phi) is 4.45. The van der Waals surface area contributed by atoms with Gasteiger partial charge in [0.15, 0.2) is 15.9 Å². The van der Waals surface area contributed by atoms with E-state index in [0.29, 0.717) is 10.7 Å². The molecule has 0 unspecified atom stereocenters. The Morgan fingerprint density at radius 2 is 2.12 bits per heavy atom. The molecule has 0 N–H and O–H groups in total. The smallest absolute Gasteiger partial charge is 0.258 e. The molecule has 0 aliphatic rings. The van der Waals surface area contributed by atoms with Gasteiger partial charge in [-0.1, -0.05) is 18.7 Å². The fraction of sp³-hybridized carbons (Fsp3) is 0.250. The van der Waals surface area contributed by atoms with E-state index in [9.17, 15) is 4.79 Å². The Morgan fingerprint density at radius 1 is 1.24 bits per heavy atom. The zero-order valence-electron chi connectivity index (χ0n) is 13.7. The molecule has 4 rings (SSSR count). The van der Waals surface area contributed by atoms with Crippen molar-refractivity contribution in [1.82, 2.24) is 24.1 Å². The normalized spacial score (nSPS) is 11.4. The molecule has 0 aliphatic carbocycles. The summed E-state index contributed by atoms with van der Waals surface area (Å²) in [6.07, 6.45) is 2.77. The molecular formula is C16H15N5OS3. The number of thioether (sulfide) groups is 1. The predicted octanol–water partition coefficient (Wildman–Crippen LogP) is 3.47. The quantitative estimate of drug-likeness (QED) is 0.489. The second-order valence-corrected chi connectivity index (χ2v) is 8.26. The van der Waals surface area contributed by atoms with Gasteiger partial charge in [0.05, 0.1) is 5.69 Å². The van der Waals surface area contributed by atoms with Crippen molar-refractivity contribution < 1.29 is 0 Å². The highest BCUT2D eigenvalue weighted by molar-refractivity contribution is 7.98. The number of aryl methyl sites for hydroxylation is 1. The predicted molar refractivity (Wildman–Crippen MR) is 103 cm³/mol. The van der Waals surface area contributed by atoms with Gasteiger partial charge in [-0.15, -0.1) is 32.9 Å². The van der Waals surface area contributed by atoms with E-state index in [1.54, 1.807) is 28.0 Å². The number of hydrogen-bond acceptors (Lipinski definition) is 7. The molecule has 0 aromatic carbocycles. The van der Waals surface area contributed by atoms with Gasteiger partial charge in [0.2, 0.25) is 0 Å². The fourth-order valence-electron chi connectivity index (χ4n) is 2.48. The van der Waals surface area contributed by atoms with Crippen LogP contribution in [0.15, 0.2) is 39.0 Å². The Labute approximate surface area is 156 Å². The maximum atomic E-state index is 12.0. The summed E-state index contributed by atoms with van der Waals surface area (Å²) in [5, 5.41) is 13.4. The molecule has 0 atom stereocenters. The van der Waals surface area contributed by atoms with Crippen LogP contribution < -0.4 is 5.56 Å². The number of hydrogen-bond donors (Lipinski definition) is 0. The van der Waals surface area contributed by atoms with E-state index in [1.807, 2.05) is 17.0 Å². The third kappa shape index (κ3) is 3.14. The van der Waals surface area contributed by atoms with Crippen molar-refractivity contribution in [1.29, 1.82) is 0 Å². The van der Waals surface area contributed by atoms with Crippen molar-refractivity contribution in [2.45, 2.75) is 24.3 Å². The van der Waals surface area contributed by atoms with E-state index < -0.39 is 0 Å². The summed E-state index contributed by atoms with van der Waals surface area (Å²) < 4.78 is 3.55. The Morgan fingerprint density at radius 3 is 2.92 bits per heavy atom. The van der Waals surface area contributed by atoms with Gasteiger partial charge in [-0.25, -0.2) is 4.98 Å². The van der Waals surface area contributed by atoms with Gasteiger partial charge in [0.25, 0.3) is 5.56 Å². The van der Waals surface area contributed by atoms with Crippen molar-refractivity contribution in [3.05, 3.63) is 50.0 Å². The lowest BCUT2D eigenvalue weighted by molar-refractivity contribution is 0.793. The highest BCUT2D eigenvalue weighted by atomic mass is 32.2. The van der Waals surface area contributed by atoms with E-state index in [2.05, 4.69) is 33.6 Å². The van der Waals surface area contributed by atoms with E-state index in [-0.39, 0.29) is 5.56 Å². The highest BCUT2D eigenvalue weighted by Crippen LogP contribution is 2.28. The zero-order chi connectivity index (χ0) is 17.4. The number of nitrogens with zero attached hydrogens (tertiary/aromatic N) is 5. The second-order valence-electron chi connectivity index (χ2n) is 5.45. The van der Waals surface area contributed by atoms with Crippen LogP contribution in [0.3, 0.4) is 0 Å². The third-order valence-corrected chi connectivity index (χ3v) is 6.69. The Balaban J connectivity index is 1.55. The van der Waals surface area contributed by atoms with E-state index >= 15 is 0 Å². The largest absolute Gasteiger partial charge is 0.305 e. The van der Waals surface area contributed by atoms with E-state index in [1.165, 1.54) is 28.0 Å². The molecule has 0 radical (unpaired) electrons. The van der Waals surface area contributed by atoms with Gasteiger partial charge < -0.3 is 4.57 Å².